The van der Waals surface area contributed by atoms with Gasteiger partial charge in [0.25, 0.3) is 5.91 Å². The molecule has 2 aromatic carbocycles. The van der Waals surface area contributed by atoms with Crippen LogP contribution < -0.4 is 10.1 Å². The molecule has 7 nitrogen and oxygen atoms in total. The summed E-state index contributed by atoms with van der Waals surface area (Å²) >= 11 is 0. The van der Waals surface area contributed by atoms with Crippen molar-refractivity contribution in [1.29, 1.82) is 0 Å². The molecule has 1 aromatic heterocycles. The van der Waals surface area contributed by atoms with E-state index < -0.39 is 11.9 Å². The van der Waals surface area contributed by atoms with Gasteiger partial charge in [-0.2, -0.15) is 5.10 Å². The van der Waals surface area contributed by atoms with E-state index in [2.05, 4.69) is 15.5 Å². The van der Waals surface area contributed by atoms with Crippen LogP contribution in [0.15, 0.2) is 48.5 Å². The van der Waals surface area contributed by atoms with Crippen molar-refractivity contribution in [2.45, 2.75) is 6.54 Å². The lowest BCUT2D eigenvalue weighted by molar-refractivity contribution is -0.124. The lowest BCUT2D eigenvalue weighted by Gasteiger charge is -2.07. The first kappa shape index (κ1) is 16.5. The van der Waals surface area contributed by atoms with Crippen LogP contribution in [-0.2, 0) is 16.1 Å². The van der Waals surface area contributed by atoms with Gasteiger partial charge in [0.15, 0.2) is 12.3 Å². The second kappa shape index (κ2) is 7.48. The lowest BCUT2D eigenvalue weighted by Crippen LogP contribution is -2.28. The summed E-state index contributed by atoms with van der Waals surface area (Å²) in [5.41, 5.74) is 1.78. The molecule has 3 rings (SSSR count). The highest BCUT2D eigenvalue weighted by molar-refractivity contribution is 6.02. The first-order valence-corrected chi connectivity index (χ1v) is 7.67. The van der Waals surface area contributed by atoms with Crippen molar-refractivity contribution in [2.75, 3.05) is 13.7 Å². The van der Waals surface area contributed by atoms with Gasteiger partial charge in [0.05, 0.1) is 12.6 Å². The maximum atomic E-state index is 12.1. The van der Waals surface area contributed by atoms with Gasteiger partial charge in [0.2, 0.25) is 0 Å². The second-order valence-corrected chi connectivity index (χ2v) is 5.32. The Bertz CT molecular complexity index is 904. The molecule has 0 aliphatic heterocycles. The Morgan fingerprint density at radius 1 is 1.16 bits per heavy atom. The van der Waals surface area contributed by atoms with Crippen molar-refractivity contribution >= 4 is 22.8 Å². The molecule has 1 heterocycles. The highest BCUT2D eigenvalue weighted by Gasteiger charge is 2.16. The van der Waals surface area contributed by atoms with Crippen LogP contribution in [0.3, 0.4) is 0 Å². The average Bonchev–Trinajstić information content (AvgIpc) is 3.09. The maximum absolute atomic E-state index is 12.1. The summed E-state index contributed by atoms with van der Waals surface area (Å²) < 4.78 is 10.2. The van der Waals surface area contributed by atoms with Gasteiger partial charge in [-0.25, -0.2) is 4.79 Å². The van der Waals surface area contributed by atoms with Crippen LogP contribution in [0.1, 0.15) is 16.1 Å². The van der Waals surface area contributed by atoms with E-state index in [1.165, 1.54) is 0 Å². The molecule has 0 saturated carbocycles. The second-order valence-electron chi connectivity index (χ2n) is 5.32. The number of hydrogen-bond donors (Lipinski definition) is 2. The zero-order chi connectivity index (χ0) is 17.6. The number of rotatable bonds is 6. The molecule has 25 heavy (non-hydrogen) atoms. The Morgan fingerprint density at radius 3 is 2.84 bits per heavy atom. The number of esters is 1. The number of carbonyl (C=O) groups excluding carboxylic acids is 2. The van der Waals surface area contributed by atoms with Crippen LogP contribution in [0.2, 0.25) is 0 Å². The van der Waals surface area contributed by atoms with Gasteiger partial charge in [0, 0.05) is 11.9 Å². The van der Waals surface area contributed by atoms with E-state index in [9.17, 15) is 9.59 Å². The van der Waals surface area contributed by atoms with E-state index in [4.69, 9.17) is 9.47 Å². The molecule has 1 amide bonds. The van der Waals surface area contributed by atoms with Crippen LogP contribution in [0.25, 0.3) is 10.9 Å². The summed E-state index contributed by atoms with van der Waals surface area (Å²) in [6.45, 7) is -0.0527. The van der Waals surface area contributed by atoms with E-state index in [0.717, 1.165) is 11.1 Å². The Kier molecular flexibility index (Phi) is 4.94. The fourth-order valence-corrected chi connectivity index (χ4v) is 2.35. The largest absolute Gasteiger partial charge is 0.497 e. The predicted octanol–water partition coefficient (Wildman–Crippen LogP) is 2.04. The van der Waals surface area contributed by atoms with Gasteiger partial charge in [0.1, 0.15) is 5.75 Å². The smallest absolute Gasteiger partial charge is 0.359 e. The Morgan fingerprint density at radius 2 is 2.00 bits per heavy atom. The molecule has 0 saturated heterocycles. The van der Waals surface area contributed by atoms with Crippen LogP contribution >= 0.6 is 0 Å². The van der Waals surface area contributed by atoms with E-state index in [1.807, 2.05) is 30.3 Å². The molecule has 0 radical (unpaired) electrons. The number of amides is 1. The van der Waals surface area contributed by atoms with Gasteiger partial charge < -0.3 is 14.8 Å². The number of nitrogens with zero attached hydrogens (tertiary/aromatic N) is 1. The molecule has 7 heteroatoms. The van der Waals surface area contributed by atoms with Crippen molar-refractivity contribution in [3.8, 4) is 5.75 Å². The SMILES string of the molecule is COc1cccc(CNC(=O)COC(=O)c2n[nH]c3ccccc23)c1. The molecule has 128 valence electrons. The fraction of sp³-hybridized carbons (Fsp3) is 0.167. The quantitative estimate of drug-likeness (QED) is 0.671. The number of benzene rings is 2. The number of nitrogens with one attached hydrogen (secondary N) is 2. The number of aromatic amines is 1. The van der Waals surface area contributed by atoms with Gasteiger partial charge >= 0.3 is 5.97 Å². The highest BCUT2D eigenvalue weighted by Crippen LogP contribution is 2.16. The van der Waals surface area contributed by atoms with Crippen molar-refractivity contribution in [3.05, 3.63) is 59.8 Å². The number of carbonyl (C=O) groups is 2. The van der Waals surface area contributed by atoms with Crippen molar-refractivity contribution < 1.29 is 19.1 Å². The van der Waals surface area contributed by atoms with Gasteiger partial charge in [-0.1, -0.05) is 30.3 Å². The number of aromatic nitrogens is 2. The fourth-order valence-electron chi connectivity index (χ4n) is 2.35. The van der Waals surface area contributed by atoms with Crippen molar-refractivity contribution in [3.63, 3.8) is 0 Å². The molecular formula is C18H17N3O4. The predicted molar refractivity (Wildman–Crippen MR) is 91.2 cm³/mol. The number of ether oxygens (including phenoxy) is 2. The molecular weight excluding hydrogens is 322 g/mol. The summed E-state index contributed by atoms with van der Waals surface area (Å²) in [4.78, 5) is 23.9. The Balaban J connectivity index is 1.52. The maximum Gasteiger partial charge on any atom is 0.359 e. The molecule has 0 unspecified atom stereocenters. The summed E-state index contributed by atoms with van der Waals surface area (Å²) in [5, 5.41) is 10.0. The third-order valence-electron chi connectivity index (χ3n) is 3.62. The van der Waals surface area contributed by atoms with E-state index in [0.29, 0.717) is 17.7 Å². The lowest BCUT2D eigenvalue weighted by atomic mass is 10.2. The third-order valence-corrected chi connectivity index (χ3v) is 3.62. The number of methoxy groups -OCH3 is 1. The van der Waals surface area contributed by atoms with Gasteiger partial charge in [-0.15, -0.1) is 0 Å². The summed E-state index contributed by atoms with van der Waals surface area (Å²) in [6, 6.07) is 14.5. The molecule has 0 bridgehead atoms. The topological polar surface area (TPSA) is 93.3 Å². The Hall–Kier alpha value is -3.35. The molecule has 3 aromatic rings. The average molecular weight is 339 g/mol. The minimum absolute atomic E-state index is 0.163. The van der Waals surface area contributed by atoms with E-state index >= 15 is 0 Å². The first-order valence-electron chi connectivity index (χ1n) is 7.67. The zero-order valence-corrected chi connectivity index (χ0v) is 13.6. The van der Waals surface area contributed by atoms with Crippen LogP contribution in [0.4, 0.5) is 0 Å². The van der Waals surface area contributed by atoms with E-state index in [1.54, 1.807) is 25.3 Å². The number of fused-ring (bicyclic) bond motifs is 1. The van der Waals surface area contributed by atoms with E-state index in [-0.39, 0.29) is 12.3 Å². The summed E-state index contributed by atoms with van der Waals surface area (Å²) in [7, 11) is 1.58. The third kappa shape index (κ3) is 3.95. The Labute approximate surface area is 143 Å². The molecule has 2 N–H and O–H groups in total. The van der Waals surface area contributed by atoms with Gasteiger partial charge in [-0.3, -0.25) is 9.89 Å². The standard InChI is InChI=1S/C18H17N3O4/c1-24-13-6-4-5-12(9-13)10-19-16(22)11-25-18(23)17-14-7-2-3-8-15(14)20-21-17/h2-9H,10-11H2,1H3,(H,19,22)(H,20,21). The van der Waals surface area contributed by atoms with Crippen molar-refractivity contribution in [2.24, 2.45) is 0 Å². The first-order chi connectivity index (χ1) is 12.2. The number of H-pyrrole nitrogens is 1. The summed E-state index contributed by atoms with van der Waals surface area (Å²) in [5.74, 6) is -0.325. The normalized spacial score (nSPS) is 10.4. The van der Waals surface area contributed by atoms with Crippen LogP contribution in [0.5, 0.6) is 5.75 Å². The highest BCUT2D eigenvalue weighted by atomic mass is 16.5. The molecule has 0 aliphatic rings. The van der Waals surface area contributed by atoms with Crippen LogP contribution in [0, 0.1) is 0 Å². The molecule has 0 atom stereocenters. The zero-order valence-electron chi connectivity index (χ0n) is 13.6. The van der Waals surface area contributed by atoms with Gasteiger partial charge in [-0.05, 0) is 23.8 Å². The number of para-hydroxylation sites is 1. The minimum atomic E-state index is -0.644. The van der Waals surface area contributed by atoms with Crippen LogP contribution in [-0.4, -0.2) is 35.8 Å². The molecule has 0 spiro atoms. The molecule has 0 fully saturated rings. The monoisotopic (exact) mass is 339 g/mol. The minimum Gasteiger partial charge on any atom is -0.497 e. The summed E-state index contributed by atoms with van der Waals surface area (Å²) in [6.07, 6.45) is 0. The van der Waals surface area contributed by atoms with Crippen molar-refractivity contribution in [1.82, 2.24) is 15.5 Å². The molecule has 0 aliphatic carbocycles. The number of hydrogen-bond acceptors (Lipinski definition) is 5.